The summed E-state index contributed by atoms with van der Waals surface area (Å²) < 4.78 is 10.5. The van der Waals surface area contributed by atoms with Gasteiger partial charge >= 0.3 is 5.63 Å². The molecule has 1 aliphatic heterocycles. The third-order valence-corrected chi connectivity index (χ3v) is 4.73. The summed E-state index contributed by atoms with van der Waals surface area (Å²) in [6, 6.07) is 5.28. The second kappa shape index (κ2) is 7.59. The summed E-state index contributed by atoms with van der Waals surface area (Å²) in [6.45, 7) is 2.30. The molecule has 7 heteroatoms. The standard InChI is InChI=1S/C19H22N2O5/c1-11-14-5-4-13(25-2)9-16(14)26-19(24)15(11)6-8-18(23)21-12-3-7-17(22)20-10-12/h4-5,9,12H,3,6-8,10H2,1-2H3,(H,20,22)(H,21,23). The minimum atomic E-state index is -0.430. The van der Waals surface area contributed by atoms with Crippen molar-refractivity contribution in [3.8, 4) is 5.75 Å². The van der Waals surface area contributed by atoms with Crippen LogP contribution in [-0.2, 0) is 16.0 Å². The fraction of sp³-hybridized carbons (Fsp3) is 0.421. The molecule has 0 bridgehead atoms. The second-order valence-corrected chi connectivity index (χ2v) is 6.46. The van der Waals surface area contributed by atoms with Gasteiger partial charge in [-0.1, -0.05) is 0 Å². The number of nitrogens with one attached hydrogen (secondary N) is 2. The van der Waals surface area contributed by atoms with Crippen molar-refractivity contribution < 1.29 is 18.7 Å². The molecule has 1 aliphatic rings. The van der Waals surface area contributed by atoms with Crippen molar-refractivity contribution in [2.45, 2.75) is 38.6 Å². The van der Waals surface area contributed by atoms with Crippen LogP contribution in [-0.4, -0.2) is 31.5 Å². The van der Waals surface area contributed by atoms with Crippen molar-refractivity contribution in [3.63, 3.8) is 0 Å². The molecule has 1 aromatic carbocycles. The maximum Gasteiger partial charge on any atom is 0.339 e. The van der Waals surface area contributed by atoms with Crippen LogP contribution in [0.25, 0.3) is 11.0 Å². The molecule has 0 spiro atoms. The SMILES string of the molecule is COc1ccc2c(C)c(CCC(=O)NC3CCC(=O)NC3)c(=O)oc2c1. The largest absolute Gasteiger partial charge is 0.497 e. The fourth-order valence-corrected chi connectivity index (χ4v) is 3.18. The average molecular weight is 358 g/mol. The first kappa shape index (κ1) is 18.0. The van der Waals surface area contributed by atoms with Gasteiger partial charge in [0.25, 0.3) is 0 Å². The molecule has 1 saturated heterocycles. The van der Waals surface area contributed by atoms with E-state index in [1.165, 1.54) is 0 Å². The zero-order valence-electron chi connectivity index (χ0n) is 14.9. The van der Waals surface area contributed by atoms with E-state index >= 15 is 0 Å². The zero-order chi connectivity index (χ0) is 18.7. The quantitative estimate of drug-likeness (QED) is 0.788. The summed E-state index contributed by atoms with van der Waals surface area (Å²) in [4.78, 5) is 35.6. The average Bonchev–Trinajstić information content (AvgIpc) is 2.63. The van der Waals surface area contributed by atoms with E-state index in [0.717, 1.165) is 10.9 Å². The van der Waals surface area contributed by atoms with Crippen molar-refractivity contribution in [3.05, 3.63) is 39.7 Å². The summed E-state index contributed by atoms with van der Waals surface area (Å²) >= 11 is 0. The minimum Gasteiger partial charge on any atom is -0.497 e. The molecule has 2 N–H and O–H groups in total. The highest BCUT2D eigenvalue weighted by atomic mass is 16.5. The number of carbonyl (C=O) groups is 2. The lowest BCUT2D eigenvalue weighted by Crippen LogP contribution is -2.47. The van der Waals surface area contributed by atoms with Gasteiger partial charge in [0.15, 0.2) is 0 Å². The molecule has 0 radical (unpaired) electrons. The monoisotopic (exact) mass is 358 g/mol. The first-order valence-corrected chi connectivity index (χ1v) is 8.64. The Labute approximate surface area is 150 Å². The number of methoxy groups -OCH3 is 1. The molecule has 3 rings (SSSR count). The predicted octanol–water partition coefficient (Wildman–Crippen LogP) is 1.44. The number of hydrogen-bond acceptors (Lipinski definition) is 5. The molecule has 2 amide bonds. The van der Waals surface area contributed by atoms with Crippen LogP contribution in [0.5, 0.6) is 5.75 Å². The van der Waals surface area contributed by atoms with Gasteiger partial charge in [-0.25, -0.2) is 4.79 Å². The molecule has 0 aliphatic carbocycles. The lowest BCUT2D eigenvalue weighted by atomic mass is 10.0. The fourth-order valence-electron chi connectivity index (χ4n) is 3.18. The Morgan fingerprint density at radius 1 is 1.38 bits per heavy atom. The van der Waals surface area contributed by atoms with Crippen molar-refractivity contribution in [1.82, 2.24) is 10.6 Å². The van der Waals surface area contributed by atoms with Crippen LogP contribution in [0.2, 0.25) is 0 Å². The van der Waals surface area contributed by atoms with E-state index in [2.05, 4.69) is 10.6 Å². The highest BCUT2D eigenvalue weighted by Crippen LogP contribution is 2.24. The smallest absolute Gasteiger partial charge is 0.339 e. The summed E-state index contributed by atoms with van der Waals surface area (Å²) in [7, 11) is 1.55. The van der Waals surface area contributed by atoms with Crippen LogP contribution in [0, 0.1) is 6.92 Å². The highest BCUT2D eigenvalue weighted by Gasteiger charge is 2.20. The number of hydrogen-bond donors (Lipinski definition) is 2. The molecule has 1 atom stereocenters. The Bertz CT molecular complexity index is 893. The number of carbonyl (C=O) groups excluding carboxylic acids is 2. The van der Waals surface area contributed by atoms with E-state index in [1.54, 1.807) is 13.2 Å². The Kier molecular flexibility index (Phi) is 5.25. The molecule has 26 heavy (non-hydrogen) atoms. The van der Waals surface area contributed by atoms with E-state index in [4.69, 9.17) is 9.15 Å². The number of rotatable bonds is 5. The van der Waals surface area contributed by atoms with Gasteiger partial charge in [0.05, 0.1) is 7.11 Å². The van der Waals surface area contributed by atoms with Gasteiger partial charge in [-0.2, -0.15) is 0 Å². The summed E-state index contributed by atoms with van der Waals surface area (Å²) in [6.07, 6.45) is 1.55. The third-order valence-electron chi connectivity index (χ3n) is 4.73. The molecule has 7 nitrogen and oxygen atoms in total. The number of benzene rings is 1. The molecule has 1 aromatic heterocycles. The summed E-state index contributed by atoms with van der Waals surface area (Å²) in [5.41, 5.74) is 1.37. The first-order valence-electron chi connectivity index (χ1n) is 8.64. The van der Waals surface area contributed by atoms with Crippen LogP contribution >= 0.6 is 0 Å². The van der Waals surface area contributed by atoms with E-state index in [1.807, 2.05) is 19.1 Å². The van der Waals surface area contributed by atoms with Gasteiger partial charge in [-0.15, -0.1) is 0 Å². The summed E-state index contributed by atoms with van der Waals surface area (Å²) in [5, 5.41) is 6.46. The Morgan fingerprint density at radius 2 is 2.19 bits per heavy atom. The minimum absolute atomic E-state index is 0.0107. The van der Waals surface area contributed by atoms with Gasteiger partial charge in [-0.05, 0) is 37.5 Å². The van der Waals surface area contributed by atoms with Gasteiger partial charge in [0.2, 0.25) is 11.8 Å². The van der Waals surface area contributed by atoms with E-state index in [-0.39, 0.29) is 24.3 Å². The number of aryl methyl sites for hydroxylation is 1. The van der Waals surface area contributed by atoms with Crippen LogP contribution in [0.4, 0.5) is 0 Å². The molecule has 2 aromatic rings. The lowest BCUT2D eigenvalue weighted by molar-refractivity contribution is -0.125. The van der Waals surface area contributed by atoms with Gasteiger partial charge in [0, 0.05) is 42.4 Å². The van der Waals surface area contributed by atoms with Gasteiger partial charge in [-0.3, -0.25) is 9.59 Å². The van der Waals surface area contributed by atoms with Crippen molar-refractivity contribution in [2.75, 3.05) is 13.7 Å². The van der Waals surface area contributed by atoms with Gasteiger partial charge in [0.1, 0.15) is 11.3 Å². The maximum atomic E-state index is 12.3. The predicted molar refractivity (Wildman–Crippen MR) is 96.3 cm³/mol. The topological polar surface area (TPSA) is 97.6 Å². The highest BCUT2D eigenvalue weighted by molar-refractivity contribution is 5.83. The van der Waals surface area contributed by atoms with Crippen LogP contribution in [0.3, 0.4) is 0 Å². The van der Waals surface area contributed by atoms with Crippen molar-refractivity contribution in [2.24, 2.45) is 0 Å². The molecular weight excluding hydrogens is 336 g/mol. The molecule has 1 unspecified atom stereocenters. The molecular formula is C19H22N2O5. The first-order chi connectivity index (χ1) is 12.5. The lowest BCUT2D eigenvalue weighted by Gasteiger charge is -2.23. The second-order valence-electron chi connectivity index (χ2n) is 6.46. The molecule has 138 valence electrons. The molecule has 1 fully saturated rings. The van der Waals surface area contributed by atoms with Crippen LogP contribution in [0.1, 0.15) is 30.4 Å². The zero-order valence-corrected chi connectivity index (χ0v) is 14.9. The van der Waals surface area contributed by atoms with Crippen molar-refractivity contribution in [1.29, 1.82) is 0 Å². The number of fused-ring (bicyclic) bond motifs is 1. The number of ether oxygens (including phenoxy) is 1. The van der Waals surface area contributed by atoms with E-state index in [9.17, 15) is 14.4 Å². The van der Waals surface area contributed by atoms with Crippen LogP contribution < -0.4 is 21.0 Å². The van der Waals surface area contributed by atoms with Crippen LogP contribution in [0.15, 0.2) is 27.4 Å². The van der Waals surface area contributed by atoms with Crippen molar-refractivity contribution >= 4 is 22.8 Å². The number of amides is 2. The Hall–Kier alpha value is -2.83. The maximum absolute atomic E-state index is 12.3. The molecule has 0 saturated carbocycles. The Morgan fingerprint density at radius 3 is 2.88 bits per heavy atom. The van der Waals surface area contributed by atoms with E-state index in [0.29, 0.717) is 42.7 Å². The Balaban J connectivity index is 1.69. The third kappa shape index (κ3) is 3.87. The normalized spacial score (nSPS) is 17.0. The summed E-state index contributed by atoms with van der Waals surface area (Å²) in [5.74, 6) is 0.489. The van der Waals surface area contributed by atoms with E-state index < -0.39 is 5.63 Å². The number of piperidine rings is 1. The molecule has 2 heterocycles. The van der Waals surface area contributed by atoms with Gasteiger partial charge < -0.3 is 19.8 Å².